The lowest BCUT2D eigenvalue weighted by Crippen LogP contribution is -2.46. The molecule has 7 heteroatoms. The number of hydrazine groups is 1. The minimum absolute atomic E-state index is 0.330. The molecule has 0 unspecified atom stereocenters. The molecule has 142 valence electrons. The molecule has 2 N–H and O–H groups in total. The lowest BCUT2D eigenvalue weighted by atomic mass is 10.1. The van der Waals surface area contributed by atoms with Gasteiger partial charge in [0, 0.05) is 16.6 Å². The lowest BCUT2D eigenvalue weighted by Gasteiger charge is -2.15. The number of para-hydroxylation sites is 1. The Hall–Kier alpha value is -3.74. The lowest BCUT2D eigenvalue weighted by molar-refractivity contribution is -0.129. The van der Waals surface area contributed by atoms with Crippen LogP contribution < -0.4 is 10.9 Å². The van der Waals surface area contributed by atoms with Crippen LogP contribution in [-0.2, 0) is 9.53 Å². The number of carbonyl (C=O) groups is 3. The number of nitrogens with one attached hydrogen (secondary N) is 2. The zero-order valence-electron chi connectivity index (χ0n) is 15.4. The SMILES string of the molecule is Cc1cc(C(=O)O[C@H](C)C(=O)NNC(=O)c2ccccc2)c2ccccc2n1. The van der Waals surface area contributed by atoms with Gasteiger partial charge >= 0.3 is 5.97 Å². The van der Waals surface area contributed by atoms with Crippen molar-refractivity contribution >= 4 is 28.7 Å². The molecule has 3 aromatic rings. The van der Waals surface area contributed by atoms with Gasteiger partial charge in [-0.25, -0.2) is 4.79 Å². The Morgan fingerprint density at radius 1 is 0.964 bits per heavy atom. The van der Waals surface area contributed by atoms with Gasteiger partial charge in [-0.1, -0.05) is 36.4 Å². The van der Waals surface area contributed by atoms with Crippen molar-refractivity contribution in [2.45, 2.75) is 20.0 Å². The number of esters is 1. The van der Waals surface area contributed by atoms with Crippen LogP contribution >= 0.6 is 0 Å². The number of ether oxygens (including phenoxy) is 1. The van der Waals surface area contributed by atoms with E-state index in [1.807, 2.05) is 6.07 Å². The molecule has 0 bridgehead atoms. The molecule has 28 heavy (non-hydrogen) atoms. The van der Waals surface area contributed by atoms with Crippen LogP contribution in [0.25, 0.3) is 10.9 Å². The molecule has 0 aliphatic rings. The number of rotatable bonds is 4. The highest BCUT2D eigenvalue weighted by molar-refractivity contribution is 6.04. The number of fused-ring (bicyclic) bond motifs is 1. The smallest absolute Gasteiger partial charge is 0.339 e. The Balaban J connectivity index is 1.64. The third kappa shape index (κ3) is 4.32. The number of hydrogen-bond acceptors (Lipinski definition) is 5. The van der Waals surface area contributed by atoms with Crippen molar-refractivity contribution in [3.05, 3.63) is 77.5 Å². The van der Waals surface area contributed by atoms with Crippen molar-refractivity contribution in [3.63, 3.8) is 0 Å². The monoisotopic (exact) mass is 377 g/mol. The van der Waals surface area contributed by atoms with E-state index in [0.717, 1.165) is 0 Å². The second kappa shape index (κ2) is 8.30. The Morgan fingerprint density at radius 2 is 1.64 bits per heavy atom. The van der Waals surface area contributed by atoms with Gasteiger partial charge in [-0.05, 0) is 38.1 Å². The van der Waals surface area contributed by atoms with Gasteiger partial charge in [0.2, 0.25) is 0 Å². The molecule has 2 aromatic carbocycles. The Kier molecular flexibility index (Phi) is 5.64. The van der Waals surface area contributed by atoms with Crippen molar-refractivity contribution < 1.29 is 19.1 Å². The zero-order valence-corrected chi connectivity index (χ0v) is 15.4. The van der Waals surface area contributed by atoms with Gasteiger partial charge in [0.25, 0.3) is 11.8 Å². The van der Waals surface area contributed by atoms with Gasteiger partial charge in [0.1, 0.15) is 0 Å². The van der Waals surface area contributed by atoms with Crippen LogP contribution in [0, 0.1) is 6.92 Å². The number of amides is 2. The highest BCUT2D eigenvalue weighted by Crippen LogP contribution is 2.19. The summed E-state index contributed by atoms with van der Waals surface area (Å²) in [6.07, 6.45) is -1.10. The van der Waals surface area contributed by atoms with E-state index in [0.29, 0.717) is 27.7 Å². The quantitative estimate of drug-likeness (QED) is 0.538. The van der Waals surface area contributed by atoms with Crippen LogP contribution in [0.15, 0.2) is 60.7 Å². The van der Waals surface area contributed by atoms with E-state index < -0.39 is 23.9 Å². The molecule has 0 aliphatic heterocycles. The molecule has 1 heterocycles. The van der Waals surface area contributed by atoms with Crippen LogP contribution in [-0.4, -0.2) is 28.9 Å². The largest absolute Gasteiger partial charge is 0.449 e. The van der Waals surface area contributed by atoms with E-state index >= 15 is 0 Å². The fourth-order valence-corrected chi connectivity index (χ4v) is 2.64. The Bertz CT molecular complexity index is 1030. The van der Waals surface area contributed by atoms with Crippen LogP contribution in [0.5, 0.6) is 0 Å². The van der Waals surface area contributed by atoms with Crippen molar-refractivity contribution in [2.24, 2.45) is 0 Å². The minimum Gasteiger partial charge on any atom is -0.449 e. The number of carbonyl (C=O) groups excluding carboxylic acids is 3. The number of hydrogen-bond donors (Lipinski definition) is 2. The average molecular weight is 377 g/mol. The molecule has 7 nitrogen and oxygen atoms in total. The fraction of sp³-hybridized carbons (Fsp3) is 0.143. The summed E-state index contributed by atoms with van der Waals surface area (Å²) >= 11 is 0. The summed E-state index contributed by atoms with van der Waals surface area (Å²) in [6.45, 7) is 3.20. The number of pyridine rings is 1. The van der Waals surface area contributed by atoms with Crippen molar-refractivity contribution in [1.29, 1.82) is 0 Å². The van der Waals surface area contributed by atoms with E-state index in [1.165, 1.54) is 6.92 Å². The van der Waals surface area contributed by atoms with Gasteiger partial charge in [-0.15, -0.1) is 0 Å². The molecule has 2 amide bonds. The highest BCUT2D eigenvalue weighted by Gasteiger charge is 2.21. The topological polar surface area (TPSA) is 97.4 Å². The van der Waals surface area contributed by atoms with Gasteiger partial charge < -0.3 is 4.74 Å². The van der Waals surface area contributed by atoms with Gasteiger partial charge in [-0.3, -0.25) is 25.4 Å². The standard InChI is InChI=1S/C21H19N3O4/c1-13-12-17(16-10-6-7-11-18(16)22-13)21(27)28-14(2)19(25)23-24-20(26)15-8-4-3-5-9-15/h3-12,14H,1-2H3,(H,23,25)(H,24,26)/t14-/m1/s1. The summed E-state index contributed by atoms with van der Waals surface area (Å²) < 4.78 is 5.27. The molecule has 0 saturated heterocycles. The normalized spacial score (nSPS) is 11.5. The first kappa shape index (κ1) is 19.0. The number of aromatic nitrogens is 1. The summed E-state index contributed by atoms with van der Waals surface area (Å²) in [5.41, 5.74) is 6.61. The molecule has 0 aliphatic carbocycles. The number of nitrogens with zero attached hydrogens (tertiary/aromatic N) is 1. The molecule has 0 fully saturated rings. The maximum absolute atomic E-state index is 12.6. The Morgan fingerprint density at radius 3 is 2.39 bits per heavy atom. The van der Waals surface area contributed by atoms with Crippen LogP contribution in [0.4, 0.5) is 0 Å². The van der Waals surface area contributed by atoms with Crippen LogP contribution in [0.1, 0.15) is 33.3 Å². The predicted octanol–water partition coefficient (Wildman–Crippen LogP) is 2.55. The number of benzene rings is 2. The van der Waals surface area contributed by atoms with E-state index in [9.17, 15) is 14.4 Å². The summed E-state index contributed by atoms with van der Waals surface area (Å²) in [7, 11) is 0. The fourth-order valence-electron chi connectivity index (χ4n) is 2.64. The molecule has 0 spiro atoms. The number of aryl methyl sites for hydroxylation is 1. The van der Waals surface area contributed by atoms with Crippen molar-refractivity contribution in [2.75, 3.05) is 0 Å². The highest BCUT2D eigenvalue weighted by atomic mass is 16.5. The molecule has 3 rings (SSSR count). The first-order valence-corrected chi connectivity index (χ1v) is 8.68. The predicted molar refractivity (Wildman–Crippen MR) is 103 cm³/mol. The van der Waals surface area contributed by atoms with Gasteiger partial charge in [0.05, 0.1) is 11.1 Å². The second-order valence-electron chi connectivity index (χ2n) is 6.19. The maximum atomic E-state index is 12.6. The second-order valence-corrected chi connectivity index (χ2v) is 6.19. The van der Waals surface area contributed by atoms with Crippen LogP contribution in [0.2, 0.25) is 0 Å². The Labute approximate surface area is 161 Å². The summed E-state index contributed by atoms with van der Waals surface area (Å²) in [5.74, 6) is -1.75. The van der Waals surface area contributed by atoms with Gasteiger partial charge in [0.15, 0.2) is 6.10 Å². The molecule has 0 saturated carbocycles. The zero-order chi connectivity index (χ0) is 20.1. The van der Waals surface area contributed by atoms with Crippen molar-refractivity contribution in [1.82, 2.24) is 15.8 Å². The first-order chi connectivity index (χ1) is 13.5. The molecule has 1 atom stereocenters. The minimum atomic E-state index is -1.10. The first-order valence-electron chi connectivity index (χ1n) is 8.68. The third-order valence-corrected chi connectivity index (χ3v) is 4.05. The van der Waals surface area contributed by atoms with E-state index in [2.05, 4.69) is 15.8 Å². The van der Waals surface area contributed by atoms with E-state index in [4.69, 9.17) is 4.74 Å². The summed E-state index contributed by atoms with van der Waals surface area (Å²) in [5, 5.41) is 0.642. The molecule has 0 radical (unpaired) electrons. The summed E-state index contributed by atoms with van der Waals surface area (Å²) in [6, 6.07) is 17.2. The molecular weight excluding hydrogens is 358 g/mol. The van der Waals surface area contributed by atoms with Gasteiger partial charge in [-0.2, -0.15) is 0 Å². The van der Waals surface area contributed by atoms with E-state index in [1.54, 1.807) is 61.5 Å². The third-order valence-electron chi connectivity index (χ3n) is 4.05. The van der Waals surface area contributed by atoms with E-state index in [-0.39, 0.29) is 0 Å². The molecular formula is C21H19N3O4. The van der Waals surface area contributed by atoms with Crippen molar-refractivity contribution in [3.8, 4) is 0 Å². The molecule has 1 aromatic heterocycles. The average Bonchev–Trinajstić information content (AvgIpc) is 2.71. The summed E-state index contributed by atoms with van der Waals surface area (Å²) in [4.78, 5) is 41.1. The van der Waals surface area contributed by atoms with Crippen LogP contribution in [0.3, 0.4) is 0 Å². The maximum Gasteiger partial charge on any atom is 0.339 e.